The van der Waals surface area contributed by atoms with Gasteiger partial charge in [0, 0.05) is 36.7 Å². The number of morpholine rings is 1. The summed E-state index contributed by atoms with van der Waals surface area (Å²) in [6.07, 6.45) is 5.13. The van der Waals surface area contributed by atoms with Gasteiger partial charge in [-0.25, -0.2) is 9.97 Å². The van der Waals surface area contributed by atoms with Crippen LogP contribution in [0.4, 0.5) is 17.3 Å². The second-order valence-corrected chi connectivity index (χ2v) is 10.2. The molecule has 1 saturated heterocycles. The van der Waals surface area contributed by atoms with Gasteiger partial charge in [-0.2, -0.15) is 0 Å². The normalized spacial score (nSPS) is 28.5. The lowest BCUT2D eigenvalue weighted by molar-refractivity contribution is 0.0821. The largest absolute Gasteiger partial charge is 0.378 e. The van der Waals surface area contributed by atoms with Crippen molar-refractivity contribution in [3.8, 4) is 0 Å². The third kappa shape index (κ3) is 3.62. The fourth-order valence-electron chi connectivity index (χ4n) is 5.91. The highest BCUT2D eigenvalue weighted by molar-refractivity contribution is 5.92. The number of carbonyl (C=O) groups excluding carboxylic acids is 1. The molecule has 7 heteroatoms. The maximum Gasteiger partial charge on any atom is 0.270 e. The van der Waals surface area contributed by atoms with Crippen molar-refractivity contribution < 1.29 is 9.53 Å². The second-order valence-electron chi connectivity index (χ2n) is 10.2. The third-order valence-corrected chi connectivity index (χ3v) is 8.49. The Balaban J connectivity index is 1.24. The summed E-state index contributed by atoms with van der Waals surface area (Å²) in [5, 5.41) is 6.51. The van der Waals surface area contributed by atoms with Crippen molar-refractivity contribution in [2.24, 2.45) is 16.7 Å². The molecule has 2 heterocycles. The number of amides is 1. The van der Waals surface area contributed by atoms with Crippen LogP contribution < -0.4 is 15.5 Å². The van der Waals surface area contributed by atoms with Gasteiger partial charge in [-0.3, -0.25) is 4.79 Å². The monoisotopic (exact) mass is 435 g/mol. The first-order chi connectivity index (χ1) is 15.4. The average Bonchev–Trinajstić information content (AvgIpc) is 3.14. The number of fused-ring (bicyclic) bond motifs is 2. The number of benzene rings is 1. The van der Waals surface area contributed by atoms with Crippen LogP contribution in [-0.2, 0) is 4.74 Å². The zero-order chi connectivity index (χ0) is 22.3. The molecule has 2 N–H and O–H groups in total. The van der Waals surface area contributed by atoms with Gasteiger partial charge in [-0.1, -0.05) is 20.8 Å². The fourth-order valence-corrected chi connectivity index (χ4v) is 5.91. The molecule has 1 aliphatic heterocycles. The molecule has 3 fully saturated rings. The molecule has 3 aliphatic rings. The van der Waals surface area contributed by atoms with E-state index in [0.29, 0.717) is 17.6 Å². The average molecular weight is 436 g/mol. The molecule has 7 nitrogen and oxygen atoms in total. The molecule has 1 aromatic carbocycles. The van der Waals surface area contributed by atoms with Crippen molar-refractivity contribution in [3.05, 3.63) is 42.2 Å². The van der Waals surface area contributed by atoms with Crippen molar-refractivity contribution in [2.45, 2.75) is 46.1 Å². The van der Waals surface area contributed by atoms with Crippen LogP contribution in [0.2, 0.25) is 0 Å². The van der Waals surface area contributed by atoms with E-state index in [1.807, 2.05) is 12.1 Å². The third-order valence-electron chi connectivity index (χ3n) is 8.49. The predicted octanol–water partition coefficient (Wildman–Crippen LogP) is 4.00. The first kappa shape index (κ1) is 21.2. The molecule has 2 bridgehead atoms. The Morgan fingerprint density at radius 3 is 2.53 bits per heavy atom. The number of ether oxygens (including phenoxy) is 1. The van der Waals surface area contributed by atoms with Gasteiger partial charge in [0.2, 0.25) is 5.95 Å². The quantitative estimate of drug-likeness (QED) is 0.739. The topological polar surface area (TPSA) is 79.4 Å². The van der Waals surface area contributed by atoms with Gasteiger partial charge < -0.3 is 20.3 Å². The van der Waals surface area contributed by atoms with Crippen LogP contribution >= 0.6 is 0 Å². The van der Waals surface area contributed by atoms with E-state index < -0.39 is 0 Å². The minimum atomic E-state index is -0.118. The minimum Gasteiger partial charge on any atom is -0.378 e. The number of anilines is 3. The lowest BCUT2D eigenvalue weighted by Gasteiger charge is -2.39. The minimum absolute atomic E-state index is 0.118. The fraction of sp³-hybridized carbons (Fsp3) is 0.560. The molecular weight excluding hydrogens is 402 g/mol. The lowest BCUT2D eigenvalue weighted by Crippen LogP contribution is -2.47. The maximum atomic E-state index is 13.0. The summed E-state index contributed by atoms with van der Waals surface area (Å²) in [4.78, 5) is 24.1. The Labute approximate surface area is 190 Å². The summed E-state index contributed by atoms with van der Waals surface area (Å²) >= 11 is 0. The van der Waals surface area contributed by atoms with Crippen LogP contribution in [0.25, 0.3) is 0 Å². The Kier molecular flexibility index (Phi) is 5.32. The number of rotatable bonds is 5. The first-order valence-corrected chi connectivity index (χ1v) is 11.7. The molecule has 2 aromatic rings. The van der Waals surface area contributed by atoms with Crippen molar-refractivity contribution in [1.82, 2.24) is 15.3 Å². The summed E-state index contributed by atoms with van der Waals surface area (Å²) in [6, 6.07) is 10.1. The number of hydrogen-bond acceptors (Lipinski definition) is 6. The highest BCUT2D eigenvalue weighted by Gasteiger charge is 2.61. The maximum absolute atomic E-state index is 13.0. The van der Waals surface area contributed by atoms with Crippen molar-refractivity contribution in [2.75, 3.05) is 36.5 Å². The van der Waals surface area contributed by atoms with Crippen LogP contribution in [0.5, 0.6) is 0 Å². The van der Waals surface area contributed by atoms with Gasteiger partial charge in [0.25, 0.3) is 5.91 Å². The highest BCUT2D eigenvalue weighted by Crippen LogP contribution is 2.65. The van der Waals surface area contributed by atoms with Crippen LogP contribution in [0.3, 0.4) is 0 Å². The standard InChI is InChI=1S/C25H33N5O2/c1-24(2)17-8-10-25(24,3)21(16-17)29-22(31)20-9-11-26-23(28-20)27-18-4-6-19(7-5-18)30-12-14-32-15-13-30/h4-7,9,11,17,21H,8,10,12-16H2,1-3H3,(H,29,31)(H,26,27,28). The summed E-state index contributed by atoms with van der Waals surface area (Å²) in [6.45, 7) is 10.4. The van der Waals surface area contributed by atoms with E-state index in [2.05, 4.69) is 58.4 Å². The smallest absolute Gasteiger partial charge is 0.270 e. The van der Waals surface area contributed by atoms with Gasteiger partial charge >= 0.3 is 0 Å². The Morgan fingerprint density at radius 2 is 1.88 bits per heavy atom. The molecule has 2 aliphatic carbocycles. The van der Waals surface area contributed by atoms with E-state index >= 15 is 0 Å². The lowest BCUT2D eigenvalue weighted by atomic mass is 9.69. The summed E-state index contributed by atoms with van der Waals surface area (Å²) in [7, 11) is 0. The van der Waals surface area contributed by atoms with Gasteiger partial charge in [-0.05, 0) is 66.3 Å². The molecule has 3 atom stereocenters. The van der Waals surface area contributed by atoms with E-state index in [1.165, 1.54) is 18.5 Å². The molecule has 32 heavy (non-hydrogen) atoms. The molecule has 1 amide bonds. The van der Waals surface area contributed by atoms with E-state index in [-0.39, 0.29) is 22.8 Å². The molecule has 0 spiro atoms. The molecule has 0 radical (unpaired) electrons. The second kappa shape index (κ2) is 8.03. The van der Waals surface area contributed by atoms with Gasteiger partial charge in [-0.15, -0.1) is 0 Å². The number of nitrogens with one attached hydrogen (secondary N) is 2. The zero-order valence-electron chi connectivity index (χ0n) is 19.2. The van der Waals surface area contributed by atoms with E-state index in [4.69, 9.17) is 4.74 Å². The van der Waals surface area contributed by atoms with Gasteiger partial charge in [0.15, 0.2) is 0 Å². The summed E-state index contributed by atoms with van der Waals surface area (Å²) in [5.41, 5.74) is 2.87. The van der Waals surface area contributed by atoms with E-state index in [1.54, 1.807) is 12.3 Å². The van der Waals surface area contributed by atoms with E-state index in [0.717, 1.165) is 38.4 Å². The van der Waals surface area contributed by atoms with E-state index in [9.17, 15) is 4.79 Å². The van der Waals surface area contributed by atoms with Crippen LogP contribution in [0.1, 0.15) is 50.5 Å². The van der Waals surface area contributed by atoms with Crippen molar-refractivity contribution >= 4 is 23.2 Å². The molecule has 5 rings (SSSR count). The number of hydrogen-bond donors (Lipinski definition) is 2. The van der Waals surface area contributed by atoms with Crippen LogP contribution in [-0.4, -0.2) is 48.2 Å². The highest BCUT2D eigenvalue weighted by atomic mass is 16.5. The molecule has 2 saturated carbocycles. The van der Waals surface area contributed by atoms with Crippen LogP contribution in [0, 0.1) is 16.7 Å². The SMILES string of the molecule is CC1(C)C2CCC1(C)C(NC(=O)c1ccnc(Nc3ccc(N4CCOCC4)cc3)n1)C2. The summed E-state index contributed by atoms with van der Waals surface area (Å²) < 4.78 is 5.42. The Hall–Kier alpha value is -2.67. The van der Waals surface area contributed by atoms with Crippen molar-refractivity contribution in [3.63, 3.8) is 0 Å². The summed E-state index contributed by atoms with van der Waals surface area (Å²) in [5.74, 6) is 0.991. The Morgan fingerprint density at radius 1 is 1.12 bits per heavy atom. The predicted molar refractivity (Wildman–Crippen MR) is 125 cm³/mol. The molecule has 1 aromatic heterocycles. The Bertz CT molecular complexity index is 986. The molecular formula is C25H33N5O2. The zero-order valence-corrected chi connectivity index (χ0v) is 19.2. The van der Waals surface area contributed by atoms with Gasteiger partial charge in [0.1, 0.15) is 5.69 Å². The first-order valence-electron chi connectivity index (χ1n) is 11.7. The molecule has 3 unspecified atom stereocenters. The number of aromatic nitrogens is 2. The number of nitrogens with zero attached hydrogens (tertiary/aromatic N) is 3. The van der Waals surface area contributed by atoms with Gasteiger partial charge in [0.05, 0.1) is 13.2 Å². The number of carbonyl (C=O) groups is 1. The van der Waals surface area contributed by atoms with Crippen LogP contribution in [0.15, 0.2) is 36.5 Å². The van der Waals surface area contributed by atoms with Crippen molar-refractivity contribution in [1.29, 1.82) is 0 Å². The molecule has 170 valence electrons.